The van der Waals surface area contributed by atoms with E-state index in [1.54, 1.807) is 0 Å². The van der Waals surface area contributed by atoms with Crippen molar-refractivity contribution in [3.05, 3.63) is 0 Å². The van der Waals surface area contributed by atoms with Crippen molar-refractivity contribution in [1.29, 1.82) is 0 Å². The number of aliphatic hydroxyl groups excluding tert-OH is 1. The van der Waals surface area contributed by atoms with Gasteiger partial charge in [0.2, 0.25) is 0 Å². The van der Waals surface area contributed by atoms with Gasteiger partial charge in [-0.1, -0.05) is 0 Å². The van der Waals surface area contributed by atoms with E-state index in [-0.39, 0.29) is 0 Å². The van der Waals surface area contributed by atoms with Gasteiger partial charge in [-0.15, -0.1) is 0 Å². The molecule has 1 unspecified atom stereocenters. The number of aliphatic hydroxyl groups is 3. The molecule has 0 saturated carbocycles. The summed E-state index contributed by atoms with van der Waals surface area (Å²) < 4.78 is 0. The fourth-order valence-electron chi connectivity index (χ4n) is 1.43. The average molecular weight is 474 g/mol. The maximum atomic E-state index is 10.3. The maximum Gasteiger partial charge on any atom is 0.336 e. The third kappa shape index (κ3) is 16.0. The lowest BCUT2D eigenvalue weighted by atomic mass is 9.96. The smallest absolute Gasteiger partial charge is 0.336 e. The van der Waals surface area contributed by atoms with Gasteiger partial charge in [-0.05, 0) is 6.92 Å². The van der Waals surface area contributed by atoms with Crippen molar-refractivity contribution in [1.82, 2.24) is 0 Å². The van der Waals surface area contributed by atoms with E-state index in [2.05, 4.69) is 0 Å². The Morgan fingerprint density at radius 3 is 0.781 bits per heavy atom. The van der Waals surface area contributed by atoms with Crippen LogP contribution in [0.5, 0.6) is 0 Å². The van der Waals surface area contributed by atoms with E-state index in [1.165, 1.54) is 6.92 Å². The summed E-state index contributed by atoms with van der Waals surface area (Å²) in [6, 6.07) is 0. The second-order valence-electron chi connectivity index (χ2n) is 5.97. The van der Waals surface area contributed by atoms with Crippen LogP contribution < -0.4 is 0 Å². The van der Waals surface area contributed by atoms with E-state index in [4.69, 9.17) is 51.1 Å². The summed E-state index contributed by atoms with van der Waals surface area (Å²) in [6.07, 6.45) is -5.81. The molecule has 32 heavy (non-hydrogen) atoms. The van der Waals surface area contributed by atoms with Crippen LogP contribution in [0.2, 0.25) is 0 Å². The number of hydrogen-bond acceptors (Lipinski definition) is 10. The Bertz CT molecular complexity index is 637. The van der Waals surface area contributed by atoms with Gasteiger partial charge in [0.05, 0.1) is 25.7 Å². The van der Waals surface area contributed by atoms with Crippen LogP contribution in [0.3, 0.4) is 0 Å². The lowest BCUT2D eigenvalue weighted by molar-refractivity contribution is -0.170. The molecule has 0 aliphatic heterocycles. The Morgan fingerprint density at radius 2 is 0.719 bits per heavy atom. The molecule has 0 fully saturated rings. The number of carbonyl (C=O) groups is 7. The topological polar surface area (TPSA) is 322 Å². The van der Waals surface area contributed by atoms with Gasteiger partial charge in [-0.3, -0.25) is 19.2 Å². The molecule has 17 nitrogen and oxygen atoms in total. The molecule has 0 aliphatic carbocycles. The minimum atomic E-state index is -2.74. The molecule has 0 amide bonds. The number of hydrogen-bond donors (Lipinski definition) is 10. The second kappa shape index (κ2) is 14.2. The molecule has 0 heterocycles. The van der Waals surface area contributed by atoms with E-state index in [1.807, 2.05) is 0 Å². The average Bonchev–Trinajstić information content (AvgIpc) is 2.52. The van der Waals surface area contributed by atoms with E-state index in [0.717, 1.165) is 0 Å². The largest absolute Gasteiger partial charge is 0.481 e. The first-order valence-corrected chi connectivity index (χ1v) is 7.89. The molecule has 0 saturated heterocycles. The van der Waals surface area contributed by atoms with Crippen molar-refractivity contribution in [2.24, 2.45) is 0 Å². The summed E-state index contributed by atoms with van der Waals surface area (Å²) in [5, 5.41) is 83.4. The second-order valence-corrected chi connectivity index (χ2v) is 5.97. The van der Waals surface area contributed by atoms with Gasteiger partial charge in [0.15, 0.2) is 11.2 Å². The molecular formula is C15H22O17. The molecule has 0 aromatic rings. The Hall–Kier alpha value is -3.83. The van der Waals surface area contributed by atoms with Gasteiger partial charge in [0, 0.05) is 0 Å². The fourth-order valence-corrected chi connectivity index (χ4v) is 1.43. The summed E-state index contributed by atoms with van der Waals surface area (Å²) in [7, 11) is 0. The number of carboxylic acids is 7. The standard InChI is InChI=1S/2C6H8O7.C3H6O3/c2*7-3(8)1-6(13,5(11)12)2-4(9)10;1-2(4)3(5)6/h2*13H,1-2H2,(H,7,8)(H,9,10)(H,11,12);2,4H,1H3,(H,5,6). The molecule has 0 spiro atoms. The predicted octanol–water partition coefficient (Wildman–Crippen LogP) is -3.05. The Balaban J connectivity index is -0.000000422. The molecule has 0 aromatic heterocycles. The summed E-state index contributed by atoms with van der Waals surface area (Å²) in [5.41, 5.74) is -5.48. The summed E-state index contributed by atoms with van der Waals surface area (Å²) in [5.74, 6) is -11.2. The van der Waals surface area contributed by atoms with E-state index in [0.29, 0.717) is 0 Å². The van der Waals surface area contributed by atoms with Gasteiger partial charge in [0.25, 0.3) is 0 Å². The van der Waals surface area contributed by atoms with E-state index < -0.39 is 84.8 Å². The van der Waals surface area contributed by atoms with Crippen LogP contribution in [-0.2, 0) is 33.6 Å². The maximum absolute atomic E-state index is 10.3. The summed E-state index contributed by atoms with van der Waals surface area (Å²) >= 11 is 0. The lowest BCUT2D eigenvalue weighted by Gasteiger charge is -2.18. The fraction of sp³-hybridized carbons (Fsp3) is 0.533. The first-order chi connectivity index (χ1) is 14.2. The summed E-state index contributed by atoms with van der Waals surface area (Å²) in [6.45, 7) is 1.20. The van der Waals surface area contributed by atoms with Gasteiger partial charge in [-0.2, -0.15) is 0 Å². The molecule has 17 heteroatoms. The van der Waals surface area contributed by atoms with Crippen LogP contribution in [0.25, 0.3) is 0 Å². The first kappa shape index (κ1) is 32.8. The van der Waals surface area contributed by atoms with Crippen LogP contribution in [0.15, 0.2) is 0 Å². The van der Waals surface area contributed by atoms with Crippen molar-refractivity contribution in [3.8, 4) is 0 Å². The monoisotopic (exact) mass is 474 g/mol. The molecule has 1 atom stereocenters. The van der Waals surface area contributed by atoms with Crippen molar-refractivity contribution >= 4 is 41.8 Å². The molecule has 0 rings (SSSR count). The van der Waals surface area contributed by atoms with E-state index >= 15 is 0 Å². The zero-order chi connectivity index (χ0) is 26.4. The van der Waals surface area contributed by atoms with E-state index in [9.17, 15) is 33.6 Å². The molecule has 0 aromatic carbocycles. The third-order valence-electron chi connectivity index (χ3n) is 2.93. The predicted molar refractivity (Wildman–Crippen MR) is 93.5 cm³/mol. The van der Waals surface area contributed by atoms with Gasteiger partial charge in [-0.25, -0.2) is 14.4 Å². The zero-order valence-electron chi connectivity index (χ0n) is 16.2. The Kier molecular flexibility index (Phi) is 14.6. The van der Waals surface area contributed by atoms with Gasteiger partial charge < -0.3 is 51.1 Å². The van der Waals surface area contributed by atoms with Crippen LogP contribution >= 0.6 is 0 Å². The highest BCUT2D eigenvalue weighted by molar-refractivity contribution is 5.88. The van der Waals surface area contributed by atoms with Gasteiger partial charge >= 0.3 is 41.8 Å². The van der Waals surface area contributed by atoms with Crippen molar-refractivity contribution in [2.75, 3.05) is 0 Å². The molecule has 0 bridgehead atoms. The minimum absolute atomic E-state index is 1.14. The number of carboxylic acid groups (broad SMARTS) is 7. The SMILES string of the molecule is CC(O)C(=O)O.O=C(O)CC(O)(CC(=O)O)C(=O)O.O=C(O)CC(O)(CC(=O)O)C(=O)O. The highest BCUT2D eigenvalue weighted by Gasteiger charge is 2.41. The zero-order valence-corrected chi connectivity index (χ0v) is 16.2. The highest BCUT2D eigenvalue weighted by Crippen LogP contribution is 2.16. The number of aliphatic carboxylic acids is 7. The van der Waals surface area contributed by atoms with Crippen molar-refractivity contribution < 1.29 is 84.6 Å². The third-order valence-corrected chi connectivity index (χ3v) is 2.93. The molecular weight excluding hydrogens is 452 g/mol. The van der Waals surface area contributed by atoms with Crippen LogP contribution in [0, 0.1) is 0 Å². The molecule has 0 radical (unpaired) electrons. The first-order valence-electron chi connectivity index (χ1n) is 7.89. The minimum Gasteiger partial charge on any atom is -0.481 e. The lowest BCUT2D eigenvalue weighted by Crippen LogP contribution is -2.42. The normalized spacial score (nSPS) is 11.4. The number of rotatable bonds is 11. The molecule has 10 N–H and O–H groups in total. The van der Waals surface area contributed by atoms with Crippen LogP contribution in [0.4, 0.5) is 0 Å². The van der Waals surface area contributed by atoms with Crippen molar-refractivity contribution in [3.63, 3.8) is 0 Å². The Morgan fingerprint density at radius 1 is 0.562 bits per heavy atom. The van der Waals surface area contributed by atoms with Crippen molar-refractivity contribution in [2.45, 2.75) is 49.9 Å². The Labute approximate surface area is 177 Å². The molecule has 0 aliphatic rings. The van der Waals surface area contributed by atoms with Crippen LogP contribution in [-0.4, -0.2) is 110 Å². The highest BCUT2D eigenvalue weighted by atomic mass is 16.4. The summed E-state index contributed by atoms with van der Waals surface area (Å²) in [4.78, 5) is 70.4. The molecule has 184 valence electrons. The van der Waals surface area contributed by atoms with Crippen LogP contribution in [0.1, 0.15) is 32.6 Å². The van der Waals surface area contributed by atoms with Gasteiger partial charge in [0.1, 0.15) is 6.10 Å². The quantitative estimate of drug-likeness (QED) is 0.142.